The number of likely N-dealkylation sites (tertiary alicyclic amines) is 1. The minimum Gasteiger partial charge on any atom is -0.507 e. The van der Waals surface area contributed by atoms with Crippen molar-refractivity contribution in [3.05, 3.63) is 101 Å². The van der Waals surface area contributed by atoms with Gasteiger partial charge in [-0.25, -0.2) is 0 Å². The number of aliphatic hydroxyl groups excluding tert-OH is 1. The van der Waals surface area contributed by atoms with E-state index in [0.29, 0.717) is 55.4 Å². The van der Waals surface area contributed by atoms with Gasteiger partial charge in [-0.2, -0.15) is 0 Å². The summed E-state index contributed by atoms with van der Waals surface area (Å²) in [7, 11) is 1.59. The number of nitrogens with zero attached hydrogens (tertiary/aromatic N) is 1. The molecule has 4 rings (SSSR count). The van der Waals surface area contributed by atoms with Crippen LogP contribution in [0.4, 0.5) is 0 Å². The molecular weight excluding hydrogens is 470 g/mol. The fraction of sp³-hybridized carbons (Fsp3) is 0.267. The first-order valence-corrected chi connectivity index (χ1v) is 12.3. The molecule has 1 fully saturated rings. The number of Topliss-reactive ketones (excluding diaryl/α,β-unsaturated/α-hetero) is 1. The van der Waals surface area contributed by atoms with Crippen molar-refractivity contribution in [1.29, 1.82) is 0 Å². The second-order valence-electron chi connectivity index (χ2n) is 8.64. The highest BCUT2D eigenvalue weighted by Gasteiger charge is 2.45. The molecule has 1 N–H and O–H groups in total. The Labute approximate surface area is 216 Å². The van der Waals surface area contributed by atoms with E-state index in [1.807, 2.05) is 49.4 Å². The SMILES string of the molecule is CCOc1ccc(C2/C(=C(\O)c3ccc(OCc4ccccc4)cc3)C(=O)C(=O)N2CCCOC)cc1. The highest BCUT2D eigenvalue weighted by Crippen LogP contribution is 2.40. The van der Waals surface area contributed by atoms with E-state index in [0.717, 1.165) is 5.56 Å². The summed E-state index contributed by atoms with van der Waals surface area (Å²) < 4.78 is 16.5. The summed E-state index contributed by atoms with van der Waals surface area (Å²) >= 11 is 0. The minimum absolute atomic E-state index is 0.0598. The number of benzene rings is 3. The van der Waals surface area contributed by atoms with Gasteiger partial charge in [-0.3, -0.25) is 9.59 Å². The van der Waals surface area contributed by atoms with Crippen LogP contribution in [0, 0.1) is 0 Å². The molecule has 1 unspecified atom stereocenters. The lowest BCUT2D eigenvalue weighted by molar-refractivity contribution is -0.140. The lowest BCUT2D eigenvalue weighted by Crippen LogP contribution is -2.31. The lowest BCUT2D eigenvalue weighted by Gasteiger charge is -2.25. The van der Waals surface area contributed by atoms with Crippen molar-refractivity contribution >= 4 is 17.4 Å². The molecule has 1 heterocycles. The van der Waals surface area contributed by atoms with E-state index in [1.165, 1.54) is 4.90 Å². The van der Waals surface area contributed by atoms with Gasteiger partial charge in [0.25, 0.3) is 11.7 Å². The lowest BCUT2D eigenvalue weighted by atomic mass is 9.95. The number of aliphatic hydroxyl groups is 1. The van der Waals surface area contributed by atoms with Gasteiger partial charge in [0, 0.05) is 25.8 Å². The van der Waals surface area contributed by atoms with E-state index in [2.05, 4.69) is 0 Å². The van der Waals surface area contributed by atoms with Gasteiger partial charge in [0.05, 0.1) is 18.2 Å². The number of hydrogen-bond donors (Lipinski definition) is 1. The molecule has 192 valence electrons. The molecule has 37 heavy (non-hydrogen) atoms. The van der Waals surface area contributed by atoms with Crippen molar-refractivity contribution in [2.24, 2.45) is 0 Å². The Kier molecular flexibility index (Phi) is 8.59. The molecule has 0 spiro atoms. The average Bonchev–Trinajstić information content (AvgIpc) is 3.18. The third kappa shape index (κ3) is 6.01. The van der Waals surface area contributed by atoms with Crippen LogP contribution >= 0.6 is 0 Å². The van der Waals surface area contributed by atoms with Crippen LogP contribution in [0.15, 0.2) is 84.4 Å². The molecule has 1 amide bonds. The number of rotatable bonds is 11. The van der Waals surface area contributed by atoms with E-state index in [-0.39, 0.29) is 11.3 Å². The molecule has 1 saturated heterocycles. The second kappa shape index (κ2) is 12.2. The second-order valence-corrected chi connectivity index (χ2v) is 8.64. The van der Waals surface area contributed by atoms with Crippen LogP contribution in [0.2, 0.25) is 0 Å². The van der Waals surface area contributed by atoms with Crippen molar-refractivity contribution in [3.8, 4) is 11.5 Å². The molecule has 0 aliphatic carbocycles. The summed E-state index contributed by atoms with van der Waals surface area (Å²) in [5.74, 6) is -0.254. The molecule has 0 radical (unpaired) electrons. The monoisotopic (exact) mass is 501 g/mol. The van der Waals surface area contributed by atoms with Gasteiger partial charge >= 0.3 is 0 Å². The summed E-state index contributed by atoms with van der Waals surface area (Å²) in [6.07, 6.45) is 0.560. The fourth-order valence-electron chi connectivity index (χ4n) is 4.35. The van der Waals surface area contributed by atoms with E-state index >= 15 is 0 Å². The Morgan fingerprint density at radius 3 is 2.19 bits per heavy atom. The standard InChI is InChI=1S/C30H31NO6/c1-3-36-24-14-10-22(11-15-24)27-26(29(33)30(34)31(27)18-7-19-35-2)28(32)23-12-16-25(17-13-23)37-20-21-8-5-4-6-9-21/h4-6,8-17,27,32H,3,7,18-20H2,1-2H3/b28-26+. The van der Waals surface area contributed by atoms with Gasteiger partial charge in [-0.1, -0.05) is 42.5 Å². The zero-order chi connectivity index (χ0) is 26.2. The van der Waals surface area contributed by atoms with Gasteiger partial charge in [-0.15, -0.1) is 0 Å². The molecule has 0 aromatic heterocycles. The maximum atomic E-state index is 13.2. The summed E-state index contributed by atoms with van der Waals surface area (Å²) in [4.78, 5) is 27.7. The smallest absolute Gasteiger partial charge is 0.295 e. The van der Waals surface area contributed by atoms with Crippen LogP contribution in [0.5, 0.6) is 11.5 Å². The fourth-order valence-corrected chi connectivity index (χ4v) is 4.35. The van der Waals surface area contributed by atoms with Crippen LogP contribution in [0.1, 0.15) is 36.1 Å². The summed E-state index contributed by atoms with van der Waals surface area (Å²) in [5, 5.41) is 11.3. The summed E-state index contributed by atoms with van der Waals surface area (Å²) in [6.45, 7) is 3.61. The van der Waals surface area contributed by atoms with E-state index in [4.69, 9.17) is 14.2 Å². The number of ketones is 1. The number of methoxy groups -OCH3 is 1. The molecule has 1 atom stereocenters. The van der Waals surface area contributed by atoms with Crippen LogP contribution in [-0.4, -0.2) is 48.6 Å². The van der Waals surface area contributed by atoms with Crippen LogP contribution in [0.3, 0.4) is 0 Å². The normalized spacial score (nSPS) is 16.7. The van der Waals surface area contributed by atoms with Crippen LogP contribution in [0.25, 0.3) is 5.76 Å². The molecule has 3 aromatic carbocycles. The Morgan fingerprint density at radius 2 is 1.54 bits per heavy atom. The Bertz CT molecular complexity index is 1240. The average molecular weight is 502 g/mol. The highest BCUT2D eigenvalue weighted by atomic mass is 16.5. The number of carbonyl (C=O) groups is 2. The maximum absolute atomic E-state index is 13.2. The summed E-state index contributed by atoms with van der Waals surface area (Å²) in [5.41, 5.74) is 2.24. The Hall–Kier alpha value is -4.10. The topological polar surface area (TPSA) is 85.3 Å². The quantitative estimate of drug-likeness (QED) is 0.170. The zero-order valence-electron chi connectivity index (χ0n) is 21.1. The van der Waals surface area contributed by atoms with E-state index in [1.54, 1.807) is 43.5 Å². The predicted molar refractivity (Wildman–Crippen MR) is 140 cm³/mol. The third-order valence-corrected chi connectivity index (χ3v) is 6.17. The molecule has 7 nitrogen and oxygen atoms in total. The first-order valence-electron chi connectivity index (χ1n) is 12.3. The predicted octanol–water partition coefficient (Wildman–Crippen LogP) is 5.12. The van der Waals surface area contributed by atoms with Gasteiger partial charge < -0.3 is 24.2 Å². The van der Waals surface area contributed by atoms with Crippen molar-refractivity contribution in [3.63, 3.8) is 0 Å². The Morgan fingerprint density at radius 1 is 0.892 bits per heavy atom. The molecular formula is C30H31NO6. The van der Waals surface area contributed by atoms with Crippen LogP contribution in [-0.2, 0) is 20.9 Å². The van der Waals surface area contributed by atoms with Gasteiger partial charge in [0.15, 0.2) is 0 Å². The number of ether oxygens (including phenoxy) is 3. The molecule has 0 saturated carbocycles. The summed E-state index contributed by atoms with van der Waals surface area (Å²) in [6, 6.07) is 23.2. The third-order valence-electron chi connectivity index (χ3n) is 6.17. The molecule has 7 heteroatoms. The minimum atomic E-state index is -0.721. The van der Waals surface area contributed by atoms with E-state index in [9.17, 15) is 14.7 Å². The molecule has 3 aromatic rings. The van der Waals surface area contributed by atoms with E-state index < -0.39 is 17.7 Å². The number of carbonyl (C=O) groups excluding carboxylic acids is 2. The van der Waals surface area contributed by atoms with Crippen molar-refractivity contribution in [2.75, 3.05) is 26.9 Å². The van der Waals surface area contributed by atoms with Gasteiger partial charge in [0.2, 0.25) is 0 Å². The van der Waals surface area contributed by atoms with Crippen molar-refractivity contribution < 1.29 is 28.9 Å². The van der Waals surface area contributed by atoms with Gasteiger partial charge in [-0.05, 0) is 60.9 Å². The van der Waals surface area contributed by atoms with Crippen molar-refractivity contribution in [1.82, 2.24) is 4.90 Å². The molecule has 1 aliphatic heterocycles. The molecule has 1 aliphatic rings. The first-order chi connectivity index (χ1) is 18.0. The highest BCUT2D eigenvalue weighted by molar-refractivity contribution is 6.46. The van der Waals surface area contributed by atoms with Crippen LogP contribution < -0.4 is 9.47 Å². The number of hydrogen-bond acceptors (Lipinski definition) is 6. The largest absolute Gasteiger partial charge is 0.507 e. The molecule has 0 bridgehead atoms. The number of amides is 1. The maximum Gasteiger partial charge on any atom is 0.295 e. The van der Waals surface area contributed by atoms with Crippen molar-refractivity contribution in [2.45, 2.75) is 26.0 Å². The first kappa shape index (κ1) is 26.0. The zero-order valence-corrected chi connectivity index (χ0v) is 21.1. The van der Waals surface area contributed by atoms with Gasteiger partial charge in [0.1, 0.15) is 23.9 Å². The Balaban J connectivity index is 1.64.